The molecule has 1 aromatic carbocycles. The Hall–Kier alpha value is -2.35. The summed E-state index contributed by atoms with van der Waals surface area (Å²) in [5.74, 6) is -0.179. The monoisotopic (exact) mass is 292 g/mol. The van der Waals surface area contributed by atoms with Gasteiger partial charge in [-0.05, 0) is 22.4 Å². The van der Waals surface area contributed by atoms with Crippen molar-refractivity contribution in [1.29, 1.82) is 0 Å². The highest BCUT2D eigenvalue weighted by Gasteiger charge is 2.14. The molecule has 0 unspecified atom stereocenters. The molecule has 2 amide bonds. The van der Waals surface area contributed by atoms with Crippen molar-refractivity contribution in [3.05, 3.63) is 30.3 Å². The molecule has 2 rings (SSSR count). The van der Waals surface area contributed by atoms with Crippen molar-refractivity contribution in [2.75, 3.05) is 16.4 Å². The van der Waals surface area contributed by atoms with Gasteiger partial charge in [0.2, 0.25) is 23.5 Å². The molecule has 1 aromatic heterocycles. The van der Waals surface area contributed by atoms with Crippen LogP contribution in [0.25, 0.3) is 0 Å². The number of carbonyl (C=O) groups excluding carboxylic acids is 2. The Morgan fingerprint density at radius 1 is 1.15 bits per heavy atom. The van der Waals surface area contributed by atoms with E-state index < -0.39 is 0 Å². The van der Waals surface area contributed by atoms with Crippen LogP contribution in [0.1, 0.15) is 6.92 Å². The fourth-order valence-corrected chi connectivity index (χ4v) is 2.07. The Bertz CT molecular complexity index is 600. The molecule has 0 saturated heterocycles. The molecule has 2 N–H and O–H groups in total. The zero-order chi connectivity index (χ0) is 14.4. The molecule has 1 heterocycles. The third kappa shape index (κ3) is 4.09. The third-order valence-corrected chi connectivity index (χ3v) is 3.17. The van der Waals surface area contributed by atoms with E-state index in [-0.39, 0.29) is 29.2 Å². The fraction of sp³-hybridized carbons (Fsp3) is 0.167. The lowest BCUT2D eigenvalue weighted by molar-refractivity contribution is -0.115. The smallest absolute Gasteiger partial charge is 0.236 e. The number of anilines is 2. The number of amides is 2. The number of hydrogen-bond acceptors (Lipinski definition) is 6. The normalized spacial score (nSPS) is 10.1. The number of nitrogens with one attached hydrogen (secondary N) is 2. The van der Waals surface area contributed by atoms with Crippen LogP contribution in [0, 0.1) is 0 Å². The molecule has 0 atom stereocenters. The average molecular weight is 292 g/mol. The van der Waals surface area contributed by atoms with Crippen LogP contribution in [-0.4, -0.2) is 27.9 Å². The van der Waals surface area contributed by atoms with Crippen LogP contribution >= 0.6 is 11.8 Å². The summed E-state index contributed by atoms with van der Waals surface area (Å²) in [4.78, 5) is 23.7. The van der Waals surface area contributed by atoms with Gasteiger partial charge in [-0.15, -0.1) is 11.8 Å². The molecule has 8 heteroatoms. The SMILES string of the molecule is CC(=O)Nc1nonc1NC(=O)CSc1ccccc1. The minimum atomic E-state index is -0.324. The fourth-order valence-electron chi connectivity index (χ4n) is 1.35. The van der Waals surface area contributed by atoms with E-state index >= 15 is 0 Å². The molecule has 0 aliphatic heterocycles. The summed E-state index contributed by atoms with van der Waals surface area (Å²) in [6.45, 7) is 1.32. The van der Waals surface area contributed by atoms with Crippen molar-refractivity contribution in [2.24, 2.45) is 0 Å². The van der Waals surface area contributed by atoms with Gasteiger partial charge in [-0.1, -0.05) is 18.2 Å². The molecular weight excluding hydrogens is 280 g/mol. The first-order valence-corrected chi connectivity index (χ1v) is 6.71. The lowest BCUT2D eigenvalue weighted by atomic mass is 10.4. The first kappa shape index (κ1) is 14.1. The largest absolute Gasteiger partial charge is 0.305 e. The lowest BCUT2D eigenvalue weighted by Crippen LogP contribution is -2.16. The molecular formula is C12H12N4O3S. The Morgan fingerprint density at radius 3 is 2.45 bits per heavy atom. The van der Waals surface area contributed by atoms with E-state index in [4.69, 9.17) is 0 Å². The van der Waals surface area contributed by atoms with Gasteiger partial charge >= 0.3 is 0 Å². The first-order valence-electron chi connectivity index (χ1n) is 5.73. The van der Waals surface area contributed by atoms with Gasteiger partial charge in [0.15, 0.2) is 0 Å². The van der Waals surface area contributed by atoms with Crippen molar-refractivity contribution in [1.82, 2.24) is 10.3 Å². The average Bonchev–Trinajstić information content (AvgIpc) is 2.84. The predicted octanol–water partition coefficient (Wildman–Crippen LogP) is 1.76. The number of aromatic nitrogens is 2. The predicted molar refractivity (Wildman–Crippen MR) is 74.4 cm³/mol. The van der Waals surface area contributed by atoms with Gasteiger partial charge in [0.25, 0.3) is 0 Å². The van der Waals surface area contributed by atoms with E-state index in [1.807, 2.05) is 30.3 Å². The molecule has 0 spiro atoms. The van der Waals surface area contributed by atoms with Crippen LogP contribution < -0.4 is 10.6 Å². The van der Waals surface area contributed by atoms with Crippen molar-refractivity contribution in [3.63, 3.8) is 0 Å². The highest BCUT2D eigenvalue weighted by Crippen LogP contribution is 2.19. The zero-order valence-electron chi connectivity index (χ0n) is 10.6. The second kappa shape index (κ2) is 6.71. The standard InChI is InChI=1S/C12H12N4O3S/c1-8(17)13-11-12(16-19-15-11)14-10(18)7-20-9-5-3-2-4-6-9/h2-6H,7H2,1H3,(H,13,15,17)(H,14,16,18). The van der Waals surface area contributed by atoms with E-state index in [9.17, 15) is 9.59 Å². The van der Waals surface area contributed by atoms with Crippen LogP contribution in [0.3, 0.4) is 0 Å². The minimum absolute atomic E-state index is 0.0931. The molecule has 104 valence electrons. The first-order chi connectivity index (χ1) is 9.65. The lowest BCUT2D eigenvalue weighted by Gasteiger charge is -2.03. The van der Waals surface area contributed by atoms with Crippen LogP contribution in [0.4, 0.5) is 11.6 Å². The Balaban J connectivity index is 1.88. The van der Waals surface area contributed by atoms with E-state index in [1.165, 1.54) is 18.7 Å². The highest BCUT2D eigenvalue weighted by atomic mass is 32.2. The van der Waals surface area contributed by atoms with Gasteiger partial charge in [0, 0.05) is 11.8 Å². The Morgan fingerprint density at radius 2 is 1.80 bits per heavy atom. The van der Waals surface area contributed by atoms with Gasteiger partial charge in [-0.3, -0.25) is 9.59 Å². The van der Waals surface area contributed by atoms with Crippen molar-refractivity contribution in [3.8, 4) is 0 Å². The molecule has 0 bridgehead atoms. The van der Waals surface area contributed by atoms with E-state index in [0.717, 1.165) is 4.90 Å². The van der Waals surface area contributed by atoms with Crippen LogP contribution in [0.5, 0.6) is 0 Å². The number of nitrogens with zero attached hydrogens (tertiary/aromatic N) is 2. The van der Waals surface area contributed by atoms with Crippen LogP contribution in [0.15, 0.2) is 39.9 Å². The molecule has 0 radical (unpaired) electrons. The van der Waals surface area contributed by atoms with Gasteiger partial charge in [0.1, 0.15) is 0 Å². The Kier molecular flexibility index (Phi) is 4.72. The summed E-state index contributed by atoms with van der Waals surface area (Å²) < 4.78 is 4.47. The van der Waals surface area contributed by atoms with Gasteiger partial charge in [-0.2, -0.15) is 0 Å². The summed E-state index contributed by atoms with van der Waals surface area (Å²) in [7, 11) is 0. The number of hydrogen-bond donors (Lipinski definition) is 2. The van der Waals surface area contributed by atoms with Crippen molar-refractivity contribution >= 4 is 35.2 Å². The molecule has 2 aromatic rings. The van der Waals surface area contributed by atoms with E-state index in [2.05, 4.69) is 25.6 Å². The molecule has 0 aliphatic carbocycles. The van der Waals surface area contributed by atoms with Gasteiger partial charge < -0.3 is 10.6 Å². The van der Waals surface area contributed by atoms with E-state index in [1.54, 1.807) is 0 Å². The summed E-state index contributed by atoms with van der Waals surface area (Å²) in [6.07, 6.45) is 0. The van der Waals surface area contributed by atoms with Gasteiger partial charge in [0.05, 0.1) is 5.75 Å². The number of thioether (sulfide) groups is 1. The molecule has 0 fully saturated rings. The van der Waals surface area contributed by atoms with Crippen LogP contribution in [0.2, 0.25) is 0 Å². The van der Waals surface area contributed by atoms with Gasteiger partial charge in [-0.25, -0.2) is 4.63 Å². The van der Waals surface area contributed by atoms with Crippen LogP contribution in [-0.2, 0) is 9.59 Å². The number of rotatable bonds is 5. The maximum Gasteiger partial charge on any atom is 0.236 e. The minimum Gasteiger partial charge on any atom is -0.305 e. The molecule has 0 saturated carbocycles. The Labute approximate surface area is 119 Å². The maximum absolute atomic E-state index is 11.8. The van der Waals surface area contributed by atoms with Crippen molar-refractivity contribution < 1.29 is 14.2 Å². The second-order valence-electron chi connectivity index (χ2n) is 3.79. The molecule has 20 heavy (non-hydrogen) atoms. The zero-order valence-corrected chi connectivity index (χ0v) is 11.4. The summed E-state index contributed by atoms with van der Waals surface area (Å²) in [6, 6.07) is 9.54. The highest BCUT2D eigenvalue weighted by molar-refractivity contribution is 8.00. The molecule has 7 nitrogen and oxygen atoms in total. The van der Waals surface area contributed by atoms with E-state index in [0.29, 0.717) is 0 Å². The number of benzene rings is 1. The van der Waals surface area contributed by atoms with Crippen molar-refractivity contribution in [2.45, 2.75) is 11.8 Å². The quantitative estimate of drug-likeness (QED) is 0.815. The maximum atomic E-state index is 11.8. The molecule has 0 aliphatic rings. The summed E-state index contributed by atoms with van der Waals surface area (Å²) in [5.41, 5.74) is 0. The third-order valence-electron chi connectivity index (χ3n) is 2.15. The second-order valence-corrected chi connectivity index (χ2v) is 4.84. The summed E-state index contributed by atoms with van der Waals surface area (Å²) >= 11 is 1.39. The number of carbonyl (C=O) groups is 2. The summed E-state index contributed by atoms with van der Waals surface area (Å²) in [5, 5.41) is 11.9. The topological polar surface area (TPSA) is 97.1 Å².